The lowest BCUT2D eigenvalue weighted by molar-refractivity contribution is 0.529. The molecule has 21 heavy (non-hydrogen) atoms. The molecule has 0 amide bonds. The van der Waals surface area contributed by atoms with Crippen molar-refractivity contribution in [2.24, 2.45) is 5.73 Å². The standard InChI is InChI=1S/C17H23BrN2O/c1-4-16(19)9-13-5-6-15(18)10-17(13)20(3)11-14-7-8-21-12(14)2/h5-8,10,16H,4,9,11,19H2,1-3H3. The van der Waals surface area contributed by atoms with Crippen molar-refractivity contribution < 1.29 is 4.42 Å². The van der Waals surface area contributed by atoms with Crippen LogP contribution in [0.1, 0.15) is 30.2 Å². The highest BCUT2D eigenvalue weighted by atomic mass is 79.9. The van der Waals surface area contributed by atoms with Crippen molar-refractivity contribution in [3.63, 3.8) is 0 Å². The summed E-state index contributed by atoms with van der Waals surface area (Å²) in [5, 5.41) is 0. The van der Waals surface area contributed by atoms with Crippen LogP contribution < -0.4 is 10.6 Å². The Kier molecular flexibility index (Phi) is 5.48. The molecule has 0 aliphatic heterocycles. The van der Waals surface area contributed by atoms with Gasteiger partial charge in [0, 0.05) is 35.4 Å². The maximum Gasteiger partial charge on any atom is 0.105 e. The molecule has 114 valence electrons. The van der Waals surface area contributed by atoms with Crippen molar-refractivity contribution in [1.82, 2.24) is 0 Å². The Morgan fingerprint density at radius 3 is 2.67 bits per heavy atom. The number of nitrogens with two attached hydrogens (primary N) is 1. The van der Waals surface area contributed by atoms with E-state index in [1.807, 2.05) is 13.0 Å². The molecule has 0 aliphatic rings. The van der Waals surface area contributed by atoms with Gasteiger partial charge in [0.1, 0.15) is 5.76 Å². The van der Waals surface area contributed by atoms with Gasteiger partial charge in [-0.1, -0.05) is 28.9 Å². The van der Waals surface area contributed by atoms with E-state index in [2.05, 4.69) is 53.0 Å². The first-order chi connectivity index (χ1) is 10.0. The van der Waals surface area contributed by atoms with Gasteiger partial charge in [0.15, 0.2) is 0 Å². The van der Waals surface area contributed by atoms with Gasteiger partial charge in [-0.3, -0.25) is 0 Å². The van der Waals surface area contributed by atoms with Crippen LogP contribution in [0.25, 0.3) is 0 Å². The maximum absolute atomic E-state index is 6.13. The summed E-state index contributed by atoms with van der Waals surface area (Å²) in [5.74, 6) is 0.976. The van der Waals surface area contributed by atoms with Crippen LogP contribution in [0, 0.1) is 6.92 Å². The fourth-order valence-corrected chi connectivity index (χ4v) is 2.76. The molecule has 0 saturated carbocycles. The van der Waals surface area contributed by atoms with Crippen LogP contribution in [0.3, 0.4) is 0 Å². The lowest BCUT2D eigenvalue weighted by atomic mass is 10.0. The van der Waals surface area contributed by atoms with E-state index in [9.17, 15) is 0 Å². The summed E-state index contributed by atoms with van der Waals surface area (Å²) in [4.78, 5) is 2.25. The Morgan fingerprint density at radius 1 is 1.29 bits per heavy atom. The monoisotopic (exact) mass is 350 g/mol. The fourth-order valence-electron chi connectivity index (χ4n) is 2.41. The van der Waals surface area contributed by atoms with Gasteiger partial charge in [0.25, 0.3) is 0 Å². The minimum Gasteiger partial charge on any atom is -0.469 e. The Bertz CT molecular complexity index is 594. The number of benzene rings is 1. The minimum absolute atomic E-state index is 0.203. The normalized spacial score (nSPS) is 12.4. The summed E-state index contributed by atoms with van der Waals surface area (Å²) in [7, 11) is 2.11. The molecule has 2 rings (SSSR count). The third kappa shape index (κ3) is 4.11. The summed E-state index contributed by atoms with van der Waals surface area (Å²) in [6, 6.07) is 8.63. The Labute approximate surface area is 135 Å². The topological polar surface area (TPSA) is 42.4 Å². The molecule has 0 spiro atoms. The molecule has 3 nitrogen and oxygen atoms in total. The first-order valence-electron chi connectivity index (χ1n) is 7.29. The lowest BCUT2D eigenvalue weighted by Crippen LogP contribution is -2.24. The Morgan fingerprint density at radius 2 is 2.05 bits per heavy atom. The van der Waals surface area contributed by atoms with Crippen molar-refractivity contribution in [3.05, 3.63) is 51.9 Å². The number of hydrogen-bond acceptors (Lipinski definition) is 3. The zero-order chi connectivity index (χ0) is 15.4. The van der Waals surface area contributed by atoms with Crippen LogP contribution in [0.4, 0.5) is 5.69 Å². The molecular weight excluding hydrogens is 328 g/mol. The first kappa shape index (κ1) is 16.1. The van der Waals surface area contributed by atoms with Crippen molar-refractivity contribution in [1.29, 1.82) is 0 Å². The van der Waals surface area contributed by atoms with Gasteiger partial charge in [-0.2, -0.15) is 0 Å². The van der Waals surface area contributed by atoms with Crippen molar-refractivity contribution >= 4 is 21.6 Å². The fraction of sp³-hybridized carbons (Fsp3) is 0.412. The van der Waals surface area contributed by atoms with E-state index in [4.69, 9.17) is 10.2 Å². The molecule has 2 N–H and O–H groups in total. The van der Waals surface area contributed by atoms with Crippen molar-refractivity contribution in [2.75, 3.05) is 11.9 Å². The van der Waals surface area contributed by atoms with Crippen LogP contribution in [-0.4, -0.2) is 13.1 Å². The molecular formula is C17H23BrN2O. The molecule has 1 aromatic heterocycles. The van der Waals surface area contributed by atoms with Gasteiger partial charge in [0.2, 0.25) is 0 Å². The number of anilines is 1. The molecule has 0 bridgehead atoms. The number of hydrogen-bond donors (Lipinski definition) is 1. The van der Waals surface area contributed by atoms with E-state index in [1.54, 1.807) is 6.26 Å². The second-order valence-corrected chi connectivity index (χ2v) is 6.42. The molecule has 2 aromatic rings. The molecule has 0 aliphatic carbocycles. The highest BCUT2D eigenvalue weighted by Gasteiger charge is 2.13. The second-order valence-electron chi connectivity index (χ2n) is 5.50. The van der Waals surface area contributed by atoms with E-state index in [1.165, 1.54) is 16.8 Å². The van der Waals surface area contributed by atoms with Crippen LogP contribution in [0.5, 0.6) is 0 Å². The van der Waals surface area contributed by atoms with Gasteiger partial charge in [-0.15, -0.1) is 0 Å². The lowest BCUT2D eigenvalue weighted by Gasteiger charge is -2.24. The SMILES string of the molecule is CCC(N)Cc1ccc(Br)cc1N(C)Cc1ccoc1C. The average Bonchev–Trinajstić information content (AvgIpc) is 2.86. The second kappa shape index (κ2) is 7.14. The summed E-state index contributed by atoms with van der Waals surface area (Å²) >= 11 is 3.56. The number of furan rings is 1. The van der Waals surface area contributed by atoms with Crippen LogP contribution in [0.15, 0.2) is 39.4 Å². The predicted octanol–water partition coefficient (Wildman–Crippen LogP) is 4.27. The molecule has 1 aromatic carbocycles. The maximum atomic E-state index is 6.13. The molecule has 0 saturated heterocycles. The number of aryl methyl sites for hydroxylation is 1. The van der Waals surface area contributed by atoms with E-state index < -0.39 is 0 Å². The highest BCUT2D eigenvalue weighted by molar-refractivity contribution is 9.10. The van der Waals surface area contributed by atoms with Gasteiger partial charge >= 0.3 is 0 Å². The van der Waals surface area contributed by atoms with Crippen molar-refractivity contribution in [3.8, 4) is 0 Å². The molecule has 1 heterocycles. The van der Waals surface area contributed by atoms with Crippen molar-refractivity contribution in [2.45, 2.75) is 39.3 Å². The third-order valence-electron chi connectivity index (χ3n) is 3.84. The zero-order valence-electron chi connectivity index (χ0n) is 12.9. The highest BCUT2D eigenvalue weighted by Crippen LogP contribution is 2.27. The Hall–Kier alpha value is -1.26. The van der Waals surface area contributed by atoms with E-state index >= 15 is 0 Å². The summed E-state index contributed by atoms with van der Waals surface area (Å²) < 4.78 is 6.47. The summed E-state index contributed by atoms with van der Waals surface area (Å²) in [6.07, 6.45) is 3.63. The molecule has 0 radical (unpaired) electrons. The van der Waals surface area contributed by atoms with Gasteiger partial charge < -0.3 is 15.1 Å². The van der Waals surface area contributed by atoms with Gasteiger partial charge in [-0.05, 0) is 43.5 Å². The van der Waals surface area contributed by atoms with E-state index in [0.29, 0.717) is 0 Å². The quantitative estimate of drug-likeness (QED) is 0.845. The zero-order valence-corrected chi connectivity index (χ0v) is 14.5. The summed E-state index contributed by atoms with van der Waals surface area (Å²) in [6.45, 7) is 4.95. The van der Waals surface area contributed by atoms with Crippen LogP contribution in [-0.2, 0) is 13.0 Å². The third-order valence-corrected chi connectivity index (χ3v) is 4.33. The average molecular weight is 351 g/mol. The smallest absolute Gasteiger partial charge is 0.105 e. The number of nitrogens with zero attached hydrogens (tertiary/aromatic N) is 1. The molecule has 1 unspecified atom stereocenters. The largest absolute Gasteiger partial charge is 0.469 e. The molecule has 0 fully saturated rings. The predicted molar refractivity (Wildman–Crippen MR) is 91.7 cm³/mol. The molecule has 4 heteroatoms. The summed E-state index contributed by atoms with van der Waals surface area (Å²) in [5.41, 5.74) is 9.84. The van der Waals surface area contributed by atoms with Gasteiger partial charge in [-0.25, -0.2) is 0 Å². The van der Waals surface area contributed by atoms with Crippen LogP contribution in [0.2, 0.25) is 0 Å². The number of halogens is 1. The Balaban J connectivity index is 2.24. The molecule has 1 atom stereocenters. The van der Waals surface area contributed by atoms with E-state index in [0.717, 1.165) is 29.6 Å². The number of rotatable bonds is 6. The van der Waals surface area contributed by atoms with Crippen LogP contribution >= 0.6 is 15.9 Å². The van der Waals surface area contributed by atoms with E-state index in [-0.39, 0.29) is 6.04 Å². The van der Waals surface area contributed by atoms with Gasteiger partial charge in [0.05, 0.1) is 6.26 Å². The minimum atomic E-state index is 0.203. The first-order valence-corrected chi connectivity index (χ1v) is 8.08.